The molecule has 0 unspecified atom stereocenters. The number of hydrogen-bond acceptors (Lipinski definition) is 5. The highest BCUT2D eigenvalue weighted by atomic mass is 32.2. The Morgan fingerprint density at radius 3 is 2.34 bits per heavy atom. The van der Waals surface area contributed by atoms with Crippen molar-refractivity contribution in [3.63, 3.8) is 0 Å². The molecule has 10 heteroatoms. The van der Waals surface area contributed by atoms with Gasteiger partial charge in [-0.2, -0.15) is 0 Å². The third-order valence-corrected chi connectivity index (χ3v) is 9.08. The van der Waals surface area contributed by atoms with Gasteiger partial charge >= 0.3 is 0 Å². The lowest BCUT2D eigenvalue weighted by molar-refractivity contribution is -0.140. The normalized spacial score (nSPS) is 14.3. The summed E-state index contributed by atoms with van der Waals surface area (Å²) in [4.78, 5) is 28.9. The van der Waals surface area contributed by atoms with Crippen molar-refractivity contribution in [2.75, 3.05) is 18.0 Å². The molecule has 0 heterocycles. The molecule has 0 spiro atoms. The van der Waals surface area contributed by atoms with Gasteiger partial charge in [-0.05, 0) is 61.2 Å². The molecule has 218 valence electrons. The summed E-state index contributed by atoms with van der Waals surface area (Å²) >= 11 is 0. The SMILES string of the molecule is CC[C@@H](C(=O)NC1CCCC1)N(Cc1cccc(OC)c1)C(=O)CN(c1ccccc1F)S(=O)(=O)c1ccccc1. The summed E-state index contributed by atoms with van der Waals surface area (Å²) in [5.41, 5.74) is 0.447. The smallest absolute Gasteiger partial charge is 0.264 e. The summed E-state index contributed by atoms with van der Waals surface area (Å²) in [6.07, 6.45) is 4.12. The molecule has 4 rings (SSSR count). The van der Waals surface area contributed by atoms with Crippen LogP contribution in [0.15, 0.2) is 83.8 Å². The molecule has 0 aromatic heterocycles. The minimum absolute atomic E-state index is 0.0309. The molecule has 1 N–H and O–H groups in total. The van der Waals surface area contributed by atoms with Crippen LogP contribution in [-0.4, -0.2) is 50.9 Å². The summed E-state index contributed by atoms with van der Waals surface area (Å²) in [6.45, 7) is 1.14. The number of amides is 2. The van der Waals surface area contributed by atoms with Gasteiger partial charge in [0.1, 0.15) is 24.2 Å². The number of halogens is 1. The molecular weight excluding hydrogens is 545 g/mol. The molecule has 1 aliphatic rings. The molecule has 8 nitrogen and oxygen atoms in total. The van der Waals surface area contributed by atoms with E-state index in [0.29, 0.717) is 17.7 Å². The Kier molecular flexibility index (Phi) is 9.99. The second kappa shape index (κ2) is 13.6. The van der Waals surface area contributed by atoms with E-state index in [1.807, 2.05) is 0 Å². The number of anilines is 1. The molecule has 2 amide bonds. The summed E-state index contributed by atoms with van der Waals surface area (Å²) < 4.78 is 48.7. The molecule has 41 heavy (non-hydrogen) atoms. The lowest BCUT2D eigenvalue weighted by atomic mass is 10.1. The Morgan fingerprint density at radius 2 is 1.68 bits per heavy atom. The molecule has 1 saturated carbocycles. The molecule has 1 fully saturated rings. The Hall–Kier alpha value is -3.92. The van der Waals surface area contributed by atoms with Crippen LogP contribution in [0.1, 0.15) is 44.6 Å². The van der Waals surface area contributed by atoms with Crippen molar-refractivity contribution in [3.8, 4) is 5.75 Å². The molecule has 0 aliphatic heterocycles. The minimum Gasteiger partial charge on any atom is -0.497 e. The Morgan fingerprint density at radius 1 is 1.00 bits per heavy atom. The highest BCUT2D eigenvalue weighted by Crippen LogP contribution is 2.27. The first-order chi connectivity index (χ1) is 19.7. The van der Waals surface area contributed by atoms with Crippen LogP contribution in [0.2, 0.25) is 0 Å². The first-order valence-corrected chi connectivity index (χ1v) is 15.2. The summed E-state index contributed by atoms with van der Waals surface area (Å²) in [5.74, 6) is -1.13. The zero-order valence-corrected chi connectivity index (χ0v) is 24.1. The number of sulfonamides is 1. The maximum Gasteiger partial charge on any atom is 0.264 e. The van der Waals surface area contributed by atoms with Crippen molar-refractivity contribution in [2.24, 2.45) is 0 Å². The van der Waals surface area contributed by atoms with E-state index in [1.165, 1.54) is 42.3 Å². The number of nitrogens with one attached hydrogen (secondary N) is 1. The molecule has 0 saturated heterocycles. The lowest BCUT2D eigenvalue weighted by Gasteiger charge is -2.34. The third-order valence-electron chi connectivity index (χ3n) is 7.31. The second-order valence-electron chi connectivity index (χ2n) is 10.1. The highest BCUT2D eigenvalue weighted by molar-refractivity contribution is 7.92. The van der Waals surface area contributed by atoms with E-state index in [4.69, 9.17) is 4.74 Å². The van der Waals surface area contributed by atoms with Gasteiger partial charge in [-0.3, -0.25) is 13.9 Å². The van der Waals surface area contributed by atoms with Gasteiger partial charge in [-0.15, -0.1) is 0 Å². The van der Waals surface area contributed by atoms with Gasteiger partial charge in [-0.1, -0.05) is 62.2 Å². The van der Waals surface area contributed by atoms with Gasteiger partial charge in [0.05, 0.1) is 17.7 Å². The Labute approximate surface area is 241 Å². The number of para-hydroxylation sites is 1. The van der Waals surface area contributed by atoms with Crippen LogP contribution in [0.5, 0.6) is 5.75 Å². The largest absolute Gasteiger partial charge is 0.497 e. The number of rotatable bonds is 12. The van der Waals surface area contributed by atoms with Gasteiger partial charge in [0.15, 0.2) is 0 Å². The number of methoxy groups -OCH3 is 1. The molecule has 1 aliphatic carbocycles. The van der Waals surface area contributed by atoms with E-state index < -0.39 is 34.3 Å². The molecule has 0 bridgehead atoms. The standard InChI is InChI=1S/C31H36FN3O5S/c1-3-28(31(37)33-24-13-7-8-14-24)34(21-23-12-11-15-25(20-23)40-2)30(36)22-35(29-19-10-9-18-27(29)32)41(38,39)26-16-5-4-6-17-26/h4-6,9-12,15-20,24,28H,3,7-8,13-14,21-22H2,1-2H3,(H,33,37)/t28-/m0/s1. The molecule has 3 aromatic carbocycles. The van der Waals surface area contributed by atoms with Crippen LogP contribution in [-0.2, 0) is 26.2 Å². The fourth-order valence-electron chi connectivity index (χ4n) is 5.14. The third kappa shape index (κ3) is 7.24. The van der Waals surface area contributed by atoms with Crippen molar-refractivity contribution in [3.05, 3.63) is 90.2 Å². The average molecular weight is 582 g/mol. The van der Waals surface area contributed by atoms with Gasteiger partial charge in [0.25, 0.3) is 10.0 Å². The number of ether oxygens (including phenoxy) is 1. The number of benzene rings is 3. The minimum atomic E-state index is -4.33. The summed E-state index contributed by atoms with van der Waals surface area (Å²) in [6, 6.07) is 19.3. The maximum atomic E-state index is 15.0. The second-order valence-corrected chi connectivity index (χ2v) is 11.9. The molecule has 1 atom stereocenters. The first kappa shape index (κ1) is 30.0. The fraction of sp³-hybridized carbons (Fsp3) is 0.355. The topological polar surface area (TPSA) is 96.0 Å². The zero-order valence-electron chi connectivity index (χ0n) is 23.3. The van der Waals surface area contributed by atoms with Crippen molar-refractivity contribution >= 4 is 27.5 Å². The van der Waals surface area contributed by atoms with Crippen LogP contribution < -0.4 is 14.4 Å². The lowest BCUT2D eigenvalue weighted by Crippen LogP contribution is -2.53. The fourth-order valence-corrected chi connectivity index (χ4v) is 6.58. The van der Waals surface area contributed by atoms with E-state index in [-0.39, 0.29) is 29.1 Å². The van der Waals surface area contributed by atoms with E-state index in [1.54, 1.807) is 49.4 Å². The van der Waals surface area contributed by atoms with Crippen LogP contribution in [0, 0.1) is 5.82 Å². The molecule has 3 aromatic rings. The predicted molar refractivity (Wildman–Crippen MR) is 155 cm³/mol. The highest BCUT2D eigenvalue weighted by Gasteiger charge is 2.35. The van der Waals surface area contributed by atoms with Crippen molar-refractivity contribution in [1.29, 1.82) is 0 Å². The number of nitrogens with zero attached hydrogens (tertiary/aromatic N) is 2. The summed E-state index contributed by atoms with van der Waals surface area (Å²) in [5, 5.41) is 3.07. The molecular formula is C31H36FN3O5S. The Bertz CT molecular complexity index is 1440. The van der Waals surface area contributed by atoms with Crippen LogP contribution in [0.25, 0.3) is 0 Å². The van der Waals surface area contributed by atoms with E-state index in [0.717, 1.165) is 36.1 Å². The number of carbonyl (C=O) groups is 2. The quantitative estimate of drug-likeness (QED) is 0.329. The number of carbonyl (C=O) groups excluding carboxylic acids is 2. The van der Waals surface area contributed by atoms with E-state index in [2.05, 4.69) is 5.32 Å². The predicted octanol–water partition coefficient (Wildman–Crippen LogP) is 4.90. The van der Waals surface area contributed by atoms with Crippen molar-refractivity contribution in [2.45, 2.75) is 62.6 Å². The van der Waals surface area contributed by atoms with Crippen LogP contribution in [0.4, 0.5) is 10.1 Å². The van der Waals surface area contributed by atoms with Gasteiger partial charge in [0.2, 0.25) is 11.8 Å². The monoisotopic (exact) mass is 581 g/mol. The van der Waals surface area contributed by atoms with E-state index in [9.17, 15) is 18.0 Å². The van der Waals surface area contributed by atoms with Crippen LogP contribution >= 0.6 is 0 Å². The van der Waals surface area contributed by atoms with Gasteiger partial charge < -0.3 is 15.0 Å². The number of hydrogen-bond donors (Lipinski definition) is 1. The van der Waals surface area contributed by atoms with Crippen molar-refractivity contribution in [1.82, 2.24) is 10.2 Å². The summed E-state index contributed by atoms with van der Waals surface area (Å²) in [7, 11) is -2.80. The average Bonchev–Trinajstić information content (AvgIpc) is 3.49. The maximum absolute atomic E-state index is 15.0. The van der Waals surface area contributed by atoms with Crippen LogP contribution in [0.3, 0.4) is 0 Å². The zero-order chi connectivity index (χ0) is 29.4. The van der Waals surface area contributed by atoms with Gasteiger partial charge in [-0.25, -0.2) is 12.8 Å². The van der Waals surface area contributed by atoms with E-state index >= 15 is 4.39 Å². The Balaban J connectivity index is 1.72. The first-order valence-electron chi connectivity index (χ1n) is 13.8. The van der Waals surface area contributed by atoms with Crippen molar-refractivity contribution < 1.29 is 27.1 Å². The molecule has 0 radical (unpaired) electrons. The van der Waals surface area contributed by atoms with Gasteiger partial charge in [0, 0.05) is 12.6 Å².